The highest BCUT2D eigenvalue weighted by atomic mass is 16.3. The number of rotatable bonds is 5. The highest BCUT2D eigenvalue weighted by Crippen LogP contribution is 2.15. The van der Waals surface area contributed by atoms with Crippen LogP contribution in [0.2, 0.25) is 0 Å². The topological polar surface area (TPSA) is 40.5 Å². The Morgan fingerprint density at radius 3 is 2.55 bits per heavy atom. The Bertz CT molecular complexity index is 459. The quantitative estimate of drug-likeness (QED) is 0.838. The summed E-state index contributed by atoms with van der Waals surface area (Å²) in [4.78, 5) is 14.3. The molecule has 1 aromatic rings. The lowest BCUT2D eigenvalue weighted by Gasteiger charge is -2.32. The first-order valence-electron chi connectivity index (χ1n) is 7.30. The molecule has 1 saturated heterocycles. The van der Waals surface area contributed by atoms with Crippen molar-refractivity contribution in [3.05, 3.63) is 42.0 Å². The van der Waals surface area contributed by atoms with Crippen molar-refractivity contribution in [1.29, 1.82) is 0 Å². The van der Waals surface area contributed by atoms with E-state index >= 15 is 0 Å². The third kappa shape index (κ3) is 4.29. The van der Waals surface area contributed by atoms with E-state index in [0.717, 1.165) is 31.5 Å². The van der Waals surface area contributed by atoms with Crippen molar-refractivity contribution in [3.63, 3.8) is 0 Å². The second-order valence-corrected chi connectivity index (χ2v) is 5.72. The molecule has 1 heterocycles. The predicted molar refractivity (Wildman–Crippen MR) is 81.4 cm³/mol. The van der Waals surface area contributed by atoms with Crippen LogP contribution in [0.25, 0.3) is 6.08 Å². The van der Waals surface area contributed by atoms with Crippen LogP contribution < -0.4 is 0 Å². The van der Waals surface area contributed by atoms with E-state index in [2.05, 4.69) is 4.90 Å². The number of benzene rings is 1. The minimum atomic E-state index is -1.30. The fraction of sp³-hybridized carbons (Fsp3) is 0.471. The molecule has 1 N–H and O–H groups in total. The zero-order valence-corrected chi connectivity index (χ0v) is 12.1. The molecule has 1 aliphatic rings. The van der Waals surface area contributed by atoms with Gasteiger partial charge < -0.3 is 10.0 Å². The fourth-order valence-corrected chi connectivity index (χ4v) is 2.55. The van der Waals surface area contributed by atoms with Crippen LogP contribution in [0.15, 0.2) is 36.4 Å². The smallest absolute Gasteiger partial charge is 0.188 e. The molecule has 1 unspecified atom stereocenters. The molecule has 1 fully saturated rings. The minimum Gasteiger partial charge on any atom is -0.381 e. The maximum absolute atomic E-state index is 12.1. The van der Waals surface area contributed by atoms with Crippen LogP contribution in [0.5, 0.6) is 0 Å². The van der Waals surface area contributed by atoms with Crippen LogP contribution in [-0.4, -0.2) is 41.0 Å². The lowest BCUT2D eigenvalue weighted by Crippen LogP contribution is -2.47. The van der Waals surface area contributed by atoms with E-state index in [-0.39, 0.29) is 5.78 Å². The van der Waals surface area contributed by atoms with E-state index in [0.29, 0.717) is 6.54 Å². The van der Waals surface area contributed by atoms with Crippen LogP contribution in [0.3, 0.4) is 0 Å². The third-order valence-corrected chi connectivity index (χ3v) is 3.74. The number of aliphatic hydroxyl groups is 1. The molecule has 108 valence electrons. The van der Waals surface area contributed by atoms with Crippen LogP contribution >= 0.6 is 0 Å². The molecule has 1 atom stereocenters. The van der Waals surface area contributed by atoms with Crippen molar-refractivity contribution < 1.29 is 9.90 Å². The van der Waals surface area contributed by atoms with Gasteiger partial charge in [-0.05, 0) is 44.5 Å². The number of piperidine rings is 1. The van der Waals surface area contributed by atoms with Gasteiger partial charge >= 0.3 is 0 Å². The highest BCUT2D eigenvalue weighted by molar-refractivity contribution is 5.99. The van der Waals surface area contributed by atoms with Crippen molar-refractivity contribution >= 4 is 11.9 Å². The lowest BCUT2D eigenvalue weighted by molar-refractivity contribution is -0.132. The Labute approximate surface area is 120 Å². The van der Waals surface area contributed by atoms with E-state index in [1.807, 2.05) is 30.3 Å². The van der Waals surface area contributed by atoms with Gasteiger partial charge in [-0.2, -0.15) is 0 Å². The molecule has 3 heteroatoms. The first kappa shape index (κ1) is 14.9. The molecule has 3 nitrogen and oxygen atoms in total. The minimum absolute atomic E-state index is 0.230. The summed E-state index contributed by atoms with van der Waals surface area (Å²) in [5.41, 5.74) is -0.336. The normalized spacial score (nSPS) is 19.9. The van der Waals surface area contributed by atoms with Gasteiger partial charge in [0.05, 0.1) is 0 Å². The summed E-state index contributed by atoms with van der Waals surface area (Å²) >= 11 is 0. The van der Waals surface area contributed by atoms with Crippen molar-refractivity contribution in [2.45, 2.75) is 31.8 Å². The molecule has 20 heavy (non-hydrogen) atoms. The molecule has 2 rings (SSSR count). The maximum Gasteiger partial charge on any atom is 0.188 e. The standard InChI is InChI=1S/C17H23NO2/c1-17(20,14-18-12-6-3-7-13-18)16(19)11-10-15-8-4-2-5-9-15/h2,4-5,8-11,20H,3,6-7,12-14H2,1H3. The lowest BCUT2D eigenvalue weighted by atomic mass is 9.98. The maximum atomic E-state index is 12.1. The molecule has 0 aromatic heterocycles. The third-order valence-electron chi connectivity index (χ3n) is 3.74. The van der Waals surface area contributed by atoms with Crippen LogP contribution in [0.1, 0.15) is 31.7 Å². The SMILES string of the molecule is CC(O)(CN1CCCCC1)C(=O)C=Cc1ccccc1. The summed E-state index contributed by atoms with van der Waals surface area (Å²) < 4.78 is 0. The summed E-state index contributed by atoms with van der Waals surface area (Å²) in [6, 6.07) is 9.66. The Kier molecular flexibility index (Phi) is 5.10. The first-order chi connectivity index (χ1) is 9.58. The summed E-state index contributed by atoms with van der Waals surface area (Å²) in [5, 5.41) is 10.4. The van der Waals surface area contributed by atoms with Gasteiger partial charge in [0.15, 0.2) is 5.78 Å². The van der Waals surface area contributed by atoms with Gasteiger partial charge in [-0.25, -0.2) is 0 Å². The Hall–Kier alpha value is -1.45. The fourth-order valence-electron chi connectivity index (χ4n) is 2.55. The molecular weight excluding hydrogens is 250 g/mol. The van der Waals surface area contributed by atoms with E-state index in [9.17, 15) is 9.90 Å². The van der Waals surface area contributed by atoms with Crippen molar-refractivity contribution in [2.75, 3.05) is 19.6 Å². The van der Waals surface area contributed by atoms with Gasteiger partial charge in [0, 0.05) is 6.54 Å². The number of carbonyl (C=O) groups is 1. The van der Waals surface area contributed by atoms with Crippen LogP contribution in [0, 0.1) is 0 Å². The zero-order chi connectivity index (χ0) is 14.4. The number of β-amino-alcohol motifs (C(OH)–C–C–N with tert-alkyl or cyclic N) is 1. The molecule has 0 bridgehead atoms. The summed E-state index contributed by atoms with van der Waals surface area (Å²) in [5.74, 6) is -0.230. The summed E-state index contributed by atoms with van der Waals surface area (Å²) in [7, 11) is 0. The number of carbonyl (C=O) groups excluding carboxylic acids is 1. The van der Waals surface area contributed by atoms with Crippen molar-refractivity contribution in [2.24, 2.45) is 0 Å². The van der Waals surface area contributed by atoms with E-state index < -0.39 is 5.60 Å². The van der Waals surface area contributed by atoms with Crippen molar-refractivity contribution in [1.82, 2.24) is 4.90 Å². The predicted octanol–water partition coefficient (Wildman–Crippen LogP) is 2.51. The number of hydrogen-bond donors (Lipinski definition) is 1. The first-order valence-corrected chi connectivity index (χ1v) is 7.30. The van der Waals surface area contributed by atoms with E-state index in [4.69, 9.17) is 0 Å². The van der Waals surface area contributed by atoms with Gasteiger partial charge in [0.25, 0.3) is 0 Å². The highest BCUT2D eigenvalue weighted by Gasteiger charge is 2.30. The average Bonchev–Trinajstić information content (AvgIpc) is 2.46. The Balaban J connectivity index is 1.94. The Morgan fingerprint density at radius 1 is 1.25 bits per heavy atom. The monoisotopic (exact) mass is 273 g/mol. The van der Waals surface area contributed by atoms with Gasteiger partial charge in [0.1, 0.15) is 5.60 Å². The summed E-state index contributed by atoms with van der Waals surface area (Å²) in [6.45, 7) is 3.99. The zero-order valence-electron chi connectivity index (χ0n) is 12.1. The molecule has 1 aromatic carbocycles. The molecule has 0 saturated carbocycles. The van der Waals surface area contributed by atoms with E-state index in [1.54, 1.807) is 13.0 Å². The molecule has 0 radical (unpaired) electrons. The average molecular weight is 273 g/mol. The molecular formula is C17H23NO2. The molecule has 0 aliphatic carbocycles. The summed E-state index contributed by atoms with van der Waals surface area (Å²) in [6.07, 6.45) is 6.81. The molecule has 1 aliphatic heterocycles. The van der Waals surface area contributed by atoms with Crippen LogP contribution in [0.4, 0.5) is 0 Å². The largest absolute Gasteiger partial charge is 0.381 e. The second-order valence-electron chi connectivity index (χ2n) is 5.72. The Morgan fingerprint density at radius 2 is 1.90 bits per heavy atom. The number of ketones is 1. The van der Waals surface area contributed by atoms with Gasteiger partial charge in [-0.1, -0.05) is 42.8 Å². The van der Waals surface area contributed by atoms with Gasteiger partial charge in [0.2, 0.25) is 0 Å². The second kappa shape index (κ2) is 6.82. The number of nitrogens with zero attached hydrogens (tertiary/aromatic N) is 1. The van der Waals surface area contributed by atoms with E-state index in [1.165, 1.54) is 12.5 Å². The molecule has 0 amide bonds. The molecule has 0 spiro atoms. The number of hydrogen-bond acceptors (Lipinski definition) is 3. The van der Waals surface area contributed by atoms with Gasteiger partial charge in [-0.3, -0.25) is 4.79 Å². The van der Waals surface area contributed by atoms with Crippen molar-refractivity contribution in [3.8, 4) is 0 Å². The van der Waals surface area contributed by atoms with Crippen LogP contribution in [-0.2, 0) is 4.79 Å². The number of likely N-dealkylation sites (tertiary alicyclic amines) is 1. The van der Waals surface area contributed by atoms with Gasteiger partial charge in [-0.15, -0.1) is 0 Å².